The van der Waals surface area contributed by atoms with Crippen molar-refractivity contribution in [1.82, 2.24) is 0 Å². The highest BCUT2D eigenvalue weighted by molar-refractivity contribution is 5.75. The van der Waals surface area contributed by atoms with Gasteiger partial charge in [0.15, 0.2) is 12.2 Å². The van der Waals surface area contributed by atoms with E-state index in [2.05, 4.69) is 25.0 Å². The van der Waals surface area contributed by atoms with Gasteiger partial charge in [0.2, 0.25) is 6.29 Å². The van der Waals surface area contributed by atoms with Crippen molar-refractivity contribution < 1.29 is 48.8 Å². The summed E-state index contributed by atoms with van der Waals surface area (Å²) in [5, 5.41) is 48.9. The van der Waals surface area contributed by atoms with Gasteiger partial charge in [0.25, 0.3) is 0 Å². The largest absolute Gasteiger partial charge is 0.450 e. The number of aliphatic imine (C=N–C) groups is 1. The van der Waals surface area contributed by atoms with Crippen LogP contribution in [0.3, 0.4) is 0 Å². The topological polar surface area (TPSA) is 246 Å². The summed E-state index contributed by atoms with van der Waals surface area (Å²) in [6.07, 6.45) is -11.0. The Morgan fingerprint density at radius 1 is 0.971 bits per heavy atom. The van der Waals surface area contributed by atoms with Gasteiger partial charge in [0, 0.05) is 29.8 Å². The zero-order valence-corrected chi connectivity index (χ0v) is 18.9. The van der Waals surface area contributed by atoms with Crippen LogP contribution in [0.25, 0.3) is 20.9 Å². The maximum absolute atomic E-state index is 10.9. The van der Waals surface area contributed by atoms with Crippen LogP contribution in [0.5, 0.6) is 0 Å². The third kappa shape index (κ3) is 6.69. The van der Waals surface area contributed by atoms with Crippen molar-refractivity contribution in [2.75, 3.05) is 39.5 Å². The number of rotatable bonds is 12. The van der Waals surface area contributed by atoms with Gasteiger partial charge < -0.3 is 48.8 Å². The van der Waals surface area contributed by atoms with Crippen LogP contribution in [0, 0.1) is 0 Å². The maximum Gasteiger partial charge on any atom is 0.227 e. The highest BCUT2D eigenvalue weighted by Crippen LogP contribution is 2.33. The summed E-state index contributed by atoms with van der Waals surface area (Å²) in [5.41, 5.74) is 16.8. The maximum atomic E-state index is 10.9. The van der Waals surface area contributed by atoms with Crippen LogP contribution < -0.4 is 0 Å². The van der Waals surface area contributed by atoms with Gasteiger partial charge >= 0.3 is 0 Å². The molecule has 4 unspecified atom stereocenters. The molecule has 3 heterocycles. The van der Waals surface area contributed by atoms with Gasteiger partial charge in [-0.15, -0.1) is 0 Å². The number of aliphatic hydroxyl groups is 4. The average Bonchev–Trinajstić information content (AvgIpc) is 3.22. The summed E-state index contributed by atoms with van der Waals surface area (Å²) >= 11 is 0. The van der Waals surface area contributed by atoms with Gasteiger partial charge in [0.1, 0.15) is 48.8 Å². The van der Waals surface area contributed by atoms with Crippen molar-refractivity contribution in [2.24, 2.45) is 15.2 Å². The lowest BCUT2D eigenvalue weighted by Gasteiger charge is -2.46. The number of ether oxygens (including phenoxy) is 6. The standard InChI is InChI=1S/C18H29N7O10/c1-8-23-11-13(28)15(9(6-26)33-17(11)32-8)35-18-14(29)16(31-5-3-22-25-20)12(27)10(34-18)7-30-4-2-21-24-19/h9-18,26-29H,2-7H2,1H3/t9?,10?,11?,12-,13-,14?,15-,16+,17+,18+/m1/s1. The predicted molar refractivity (Wildman–Crippen MR) is 114 cm³/mol. The summed E-state index contributed by atoms with van der Waals surface area (Å²) in [6.45, 7) is 0.852. The number of aliphatic hydroxyl groups excluding tert-OH is 4. The normalized spacial score (nSPS) is 38.5. The second-order valence-corrected chi connectivity index (χ2v) is 7.92. The molecule has 196 valence electrons. The van der Waals surface area contributed by atoms with E-state index in [1.165, 1.54) is 0 Å². The van der Waals surface area contributed by atoms with Crippen LogP contribution in [-0.4, -0.2) is 127 Å². The third-order valence-corrected chi connectivity index (χ3v) is 5.62. The van der Waals surface area contributed by atoms with Crippen LogP contribution >= 0.6 is 0 Å². The molecule has 0 amide bonds. The molecular formula is C18H29N7O10. The summed E-state index contributed by atoms with van der Waals surface area (Å²) in [4.78, 5) is 9.42. The Hall–Kier alpha value is -2.27. The summed E-state index contributed by atoms with van der Waals surface area (Å²) in [6, 6.07) is -0.815. The average molecular weight is 503 g/mol. The minimum Gasteiger partial charge on any atom is -0.450 e. The molecule has 2 saturated heterocycles. The Morgan fingerprint density at radius 2 is 1.69 bits per heavy atom. The third-order valence-electron chi connectivity index (χ3n) is 5.62. The highest BCUT2D eigenvalue weighted by Gasteiger charge is 2.53. The number of fused-ring (bicyclic) bond motifs is 1. The molecule has 0 aromatic carbocycles. The first-order chi connectivity index (χ1) is 16.9. The Bertz CT molecular complexity index is 823. The number of azide groups is 2. The van der Waals surface area contributed by atoms with Crippen LogP contribution in [0.1, 0.15) is 6.92 Å². The molecule has 10 atom stereocenters. The molecule has 3 aliphatic heterocycles. The molecule has 0 aliphatic carbocycles. The number of nitrogens with zero attached hydrogens (tertiary/aromatic N) is 7. The smallest absolute Gasteiger partial charge is 0.227 e. The van der Waals surface area contributed by atoms with Crippen molar-refractivity contribution in [1.29, 1.82) is 0 Å². The van der Waals surface area contributed by atoms with E-state index in [-0.39, 0.29) is 32.9 Å². The Morgan fingerprint density at radius 3 is 2.37 bits per heavy atom. The van der Waals surface area contributed by atoms with Gasteiger partial charge in [-0.05, 0) is 11.1 Å². The molecular weight excluding hydrogens is 474 g/mol. The number of hydrogen-bond acceptors (Lipinski definition) is 13. The summed E-state index contributed by atoms with van der Waals surface area (Å²) in [5.74, 6) is 0.305. The lowest BCUT2D eigenvalue weighted by Crippen LogP contribution is -2.64. The molecule has 0 bridgehead atoms. The molecule has 17 nitrogen and oxygen atoms in total. The van der Waals surface area contributed by atoms with Crippen molar-refractivity contribution in [3.63, 3.8) is 0 Å². The van der Waals surface area contributed by atoms with Gasteiger partial charge in [0.05, 0.1) is 26.4 Å². The molecule has 0 aromatic rings. The highest BCUT2D eigenvalue weighted by atomic mass is 16.7. The van der Waals surface area contributed by atoms with Crippen LogP contribution in [-0.2, 0) is 28.4 Å². The first kappa shape index (κ1) is 27.3. The van der Waals surface area contributed by atoms with Gasteiger partial charge in [-0.3, -0.25) is 0 Å². The van der Waals surface area contributed by atoms with Crippen molar-refractivity contribution >= 4 is 5.90 Å². The van der Waals surface area contributed by atoms with Gasteiger partial charge in [-0.25, -0.2) is 4.99 Å². The Labute approximate surface area is 199 Å². The fourth-order valence-corrected chi connectivity index (χ4v) is 3.99. The van der Waals surface area contributed by atoms with Crippen molar-refractivity contribution in [3.05, 3.63) is 20.9 Å². The second kappa shape index (κ2) is 13.2. The minimum absolute atomic E-state index is 0.0473. The molecule has 2 fully saturated rings. The molecule has 0 aromatic heterocycles. The molecule has 3 rings (SSSR count). The van der Waals surface area contributed by atoms with E-state index >= 15 is 0 Å². The number of hydrogen-bond donors (Lipinski definition) is 4. The van der Waals surface area contributed by atoms with Crippen molar-refractivity contribution in [3.8, 4) is 0 Å². The van der Waals surface area contributed by atoms with E-state index < -0.39 is 68.0 Å². The van der Waals surface area contributed by atoms with Gasteiger partial charge in [-0.1, -0.05) is 10.2 Å². The first-order valence-corrected chi connectivity index (χ1v) is 10.9. The Balaban J connectivity index is 1.72. The molecule has 3 aliphatic rings. The van der Waals surface area contributed by atoms with Crippen molar-refractivity contribution in [2.45, 2.75) is 68.3 Å². The van der Waals surface area contributed by atoms with Crippen LogP contribution in [0.2, 0.25) is 0 Å². The van der Waals surface area contributed by atoms with E-state index in [0.717, 1.165) is 0 Å². The molecule has 35 heavy (non-hydrogen) atoms. The minimum atomic E-state index is -1.54. The molecule has 0 spiro atoms. The quantitative estimate of drug-likeness (QED) is 0.106. The zero-order valence-electron chi connectivity index (χ0n) is 18.9. The molecule has 4 N–H and O–H groups in total. The SMILES string of the molecule is CC1=NC2[C@@H](O1)OC(CO)[C@@H](O[C@@H]1OC(COCCN=[N+]=[N-])[C@@H](O)[C@H](OCCN=[N+]=[N-])C1O)[C@@H]2O. The van der Waals surface area contributed by atoms with Crippen LogP contribution in [0.15, 0.2) is 15.2 Å². The lowest BCUT2D eigenvalue weighted by molar-refractivity contribution is -0.345. The van der Waals surface area contributed by atoms with E-state index in [0.29, 0.717) is 5.90 Å². The monoisotopic (exact) mass is 503 g/mol. The Kier molecular flexibility index (Phi) is 10.3. The first-order valence-electron chi connectivity index (χ1n) is 10.9. The fourth-order valence-electron chi connectivity index (χ4n) is 3.99. The summed E-state index contributed by atoms with van der Waals surface area (Å²) in [7, 11) is 0. The van der Waals surface area contributed by atoms with E-state index in [1.54, 1.807) is 6.92 Å². The predicted octanol–water partition coefficient (Wildman–Crippen LogP) is -1.26. The lowest BCUT2D eigenvalue weighted by atomic mass is 9.96. The van der Waals surface area contributed by atoms with E-state index in [9.17, 15) is 20.4 Å². The fraction of sp³-hybridized carbons (Fsp3) is 0.944. The molecule has 17 heteroatoms. The van der Waals surface area contributed by atoms with E-state index in [4.69, 9.17) is 39.5 Å². The van der Waals surface area contributed by atoms with Gasteiger partial charge in [-0.2, -0.15) is 0 Å². The van der Waals surface area contributed by atoms with E-state index in [1.807, 2.05) is 0 Å². The molecule has 0 saturated carbocycles. The second-order valence-electron chi connectivity index (χ2n) is 7.92. The zero-order chi connectivity index (χ0) is 25.4. The molecule has 0 radical (unpaired) electrons. The van der Waals surface area contributed by atoms with Crippen LogP contribution in [0.4, 0.5) is 0 Å². The summed E-state index contributed by atoms with van der Waals surface area (Å²) < 4.78 is 33.6.